The summed E-state index contributed by atoms with van der Waals surface area (Å²) >= 11 is 0. The largest absolute Gasteiger partial charge is 0.496 e. The van der Waals surface area contributed by atoms with Gasteiger partial charge in [0, 0.05) is 5.56 Å². The van der Waals surface area contributed by atoms with Gasteiger partial charge in [-0.3, -0.25) is 9.69 Å². The topological polar surface area (TPSA) is 71.8 Å². The monoisotopic (exact) mass is 318 g/mol. The van der Waals surface area contributed by atoms with Gasteiger partial charge in [0.2, 0.25) is 0 Å². The van der Waals surface area contributed by atoms with Crippen molar-refractivity contribution >= 4 is 11.9 Å². The van der Waals surface area contributed by atoms with Crippen LogP contribution in [-0.4, -0.2) is 23.9 Å². The number of hydrogen-bond acceptors (Lipinski definition) is 4. The molecule has 1 atom stereocenters. The highest BCUT2D eigenvalue weighted by Gasteiger charge is 2.51. The molecular weight excluding hydrogens is 303 g/mol. The Morgan fingerprint density at radius 2 is 2.13 bits per heavy atom. The number of ether oxygens (including phenoxy) is 1. The summed E-state index contributed by atoms with van der Waals surface area (Å²) in [6, 6.07) is 6.63. The summed E-state index contributed by atoms with van der Waals surface area (Å²) in [6.45, 7) is 1.47. The number of nitrogens with one attached hydrogen (secondary N) is 1. The zero-order valence-electron chi connectivity index (χ0n) is 12.6. The first-order valence-electron chi connectivity index (χ1n) is 6.96. The van der Waals surface area contributed by atoms with E-state index < -0.39 is 23.3 Å². The number of amides is 3. The summed E-state index contributed by atoms with van der Waals surface area (Å²) in [5, 5.41) is 2.61. The molecule has 1 saturated heterocycles. The van der Waals surface area contributed by atoms with E-state index in [2.05, 4.69) is 5.32 Å². The van der Waals surface area contributed by atoms with Gasteiger partial charge in [0.15, 0.2) is 5.54 Å². The zero-order valence-corrected chi connectivity index (χ0v) is 12.6. The van der Waals surface area contributed by atoms with E-state index in [1.165, 1.54) is 31.6 Å². The molecule has 0 radical (unpaired) electrons. The fourth-order valence-electron chi connectivity index (χ4n) is 2.61. The van der Waals surface area contributed by atoms with Gasteiger partial charge in [0.25, 0.3) is 5.91 Å². The number of imide groups is 1. The minimum Gasteiger partial charge on any atom is -0.496 e. The Morgan fingerprint density at radius 1 is 1.35 bits per heavy atom. The molecule has 3 rings (SSSR count). The second-order valence-electron chi connectivity index (χ2n) is 5.38. The third-order valence-corrected chi connectivity index (χ3v) is 3.86. The first-order valence-corrected chi connectivity index (χ1v) is 6.96. The average molecular weight is 318 g/mol. The molecule has 120 valence electrons. The molecule has 7 heteroatoms. The maximum atomic E-state index is 13.5. The SMILES string of the molecule is COc1ccc(F)cc1CN1C(=O)N[C@](C)(c2ccco2)C1=O. The average Bonchev–Trinajstić information content (AvgIpc) is 3.12. The highest BCUT2D eigenvalue weighted by molar-refractivity contribution is 6.06. The maximum Gasteiger partial charge on any atom is 0.325 e. The second-order valence-corrected chi connectivity index (χ2v) is 5.38. The van der Waals surface area contributed by atoms with Gasteiger partial charge in [0.05, 0.1) is 19.9 Å². The van der Waals surface area contributed by atoms with Crippen molar-refractivity contribution in [3.63, 3.8) is 0 Å². The molecular formula is C16H15FN2O4. The van der Waals surface area contributed by atoms with Crippen LogP contribution in [-0.2, 0) is 16.9 Å². The minimum absolute atomic E-state index is 0.0953. The highest BCUT2D eigenvalue weighted by atomic mass is 19.1. The third kappa shape index (κ3) is 2.44. The van der Waals surface area contributed by atoms with E-state index in [0.717, 1.165) is 4.90 Å². The lowest BCUT2D eigenvalue weighted by Crippen LogP contribution is -2.40. The normalized spacial score (nSPS) is 20.7. The van der Waals surface area contributed by atoms with Gasteiger partial charge in [-0.05, 0) is 37.3 Å². The number of furan rings is 1. The van der Waals surface area contributed by atoms with Crippen molar-refractivity contribution in [2.45, 2.75) is 19.0 Å². The predicted octanol–water partition coefficient (Wildman–Crippen LogP) is 2.39. The van der Waals surface area contributed by atoms with Crippen molar-refractivity contribution in [2.24, 2.45) is 0 Å². The Bertz CT molecular complexity index is 759. The number of nitrogens with zero attached hydrogens (tertiary/aromatic N) is 1. The molecule has 0 spiro atoms. The van der Waals surface area contributed by atoms with Gasteiger partial charge in [-0.15, -0.1) is 0 Å². The van der Waals surface area contributed by atoms with Gasteiger partial charge in [-0.1, -0.05) is 0 Å². The van der Waals surface area contributed by atoms with Crippen molar-refractivity contribution < 1.29 is 23.1 Å². The molecule has 2 heterocycles. The molecule has 1 fully saturated rings. The van der Waals surface area contributed by atoms with Gasteiger partial charge >= 0.3 is 6.03 Å². The van der Waals surface area contributed by atoms with E-state index >= 15 is 0 Å². The summed E-state index contributed by atoms with van der Waals surface area (Å²) in [5.41, 5.74) is -0.874. The van der Waals surface area contributed by atoms with Gasteiger partial charge < -0.3 is 14.5 Å². The highest BCUT2D eigenvalue weighted by Crippen LogP contribution is 2.31. The molecule has 1 aromatic carbocycles. The Kier molecular flexibility index (Phi) is 3.55. The fraction of sp³-hybridized carbons (Fsp3) is 0.250. The molecule has 6 nitrogen and oxygen atoms in total. The predicted molar refractivity (Wildman–Crippen MR) is 78.1 cm³/mol. The number of carbonyl (C=O) groups is 2. The quantitative estimate of drug-likeness (QED) is 0.879. The number of benzene rings is 1. The van der Waals surface area contributed by atoms with Crippen LogP contribution in [0.15, 0.2) is 41.0 Å². The van der Waals surface area contributed by atoms with Crippen molar-refractivity contribution in [1.82, 2.24) is 10.2 Å². The van der Waals surface area contributed by atoms with Crippen LogP contribution >= 0.6 is 0 Å². The molecule has 1 aromatic heterocycles. The maximum absolute atomic E-state index is 13.5. The minimum atomic E-state index is -1.28. The Hall–Kier alpha value is -2.83. The lowest BCUT2D eigenvalue weighted by atomic mass is 9.99. The van der Waals surface area contributed by atoms with E-state index in [1.807, 2.05) is 0 Å². The molecule has 1 N–H and O–H groups in total. The molecule has 1 aliphatic heterocycles. The van der Waals surface area contributed by atoms with Crippen molar-refractivity contribution in [3.8, 4) is 5.75 Å². The Morgan fingerprint density at radius 3 is 2.78 bits per heavy atom. The zero-order chi connectivity index (χ0) is 16.6. The molecule has 0 unspecified atom stereocenters. The number of carbonyl (C=O) groups excluding carboxylic acids is 2. The molecule has 0 aliphatic carbocycles. The van der Waals surface area contributed by atoms with Crippen LogP contribution in [0.2, 0.25) is 0 Å². The summed E-state index contributed by atoms with van der Waals surface area (Å²) in [4.78, 5) is 25.9. The van der Waals surface area contributed by atoms with E-state index in [9.17, 15) is 14.0 Å². The van der Waals surface area contributed by atoms with E-state index in [4.69, 9.17) is 9.15 Å². The standard InChI is InChI=1S/C16H15FN2O4/c1-16(13-4-3-7-23-13)14(20)19(15(21)18-16)9-10-8-11(17)5-6-12(10)22-2/h3-8H,9H2,1-2H3,(H,18,21)/t16-/m1/s1. The Labute approximate surface area is 131 Å². The van der Waals surface area contributed by atoms with Crippen molar-refractivity contribution in [2.75, 3.05) is 7.11 Å². The summed E-state index contributed by atoms with van der Waals surface area (Å²) < 4.78 is 23.9. The lowest BCUT2D eigenvalue weighted by molar-refractivity contribution is -0.132. The van der Waals surface area contributed by atoms with Crippen LogP contribution < -0.4 is 10.1 Å². The number of hydrogen-bond donors (Lipinski definition) is 1. The van der Waals surface area contributed by atoms with Crippen LogP contribution in [0.4, 0.5) is 9.18 Å². The summed E-state index contributed by atoms with van der Waals surface area (Å²) in [7, 11) is 1.44. The second kappa shape index (κ2) is 5.42. The fourth-order valence-corrected chi connectivity index (χ4v) is 2.61. The number of methoxy groups -OCH3 is 1. The van der Waals surface area contributed by atoms with Crippen molar-refractivity contribution in [1.29, 1.82) is 0 Å². The molecule has 0 saturated carbocycles. The molecule has 23 heavy (non-hydrogen) atoms. The van der Waals surface area contributed by atoms with E-state index in [1.54, 1.807) is 19.1 Å². The van der Waals surface area contributed by atoms with Crippen LogP contribution in [0, 0.1) is 5.82 Å². The number of urea groups is 1. The van der Waals surface area contributed by atoms with Crippen LogP contribution in [0.1, 0.15) is 18.2 Å². The molecule has 1 aliphatic rings. The molecule has 3 amide bonds. The summed E-state index contributed by atoms with van der Waals surface area (Å²) in [6.07, 6.45) is 1.43. The van der Waals surface area contributed by atoms with E-state index in [0.29, 0.717) is 17.1 Å². The first kappa shape index (κ1) is 15.1. The van der Waals surface area contributed by atoms with Gasteiger partial charge in [-0.2, -0.15) is 0 Å². The number of halogens is 1. The number of rotatable bonds is 4. The van der Waals surface area contributed by atoms with Crippen LogP contribution in [0.25, 0.3) is 0 Å². The van der Waals surface area contributed by atoms with Gasteiger partial charge in [0.1, 0.15) is 17.3 Å². The smallest absolute Gasteiger partial charge is 0.325 e. The third-order valence-electron chi connectivity index (χ3n) is 3.86. The van der Waals surface area contributed by atoms with E-state index in [-0.39, 0.29) is 6.54 Å². The van der Waals surface area contributed by atoms with Crippen LogP contribution in [0.3, 0.4) is 0 Å². The molecule has 2 aromatic rings. The van der Waals surface area contributed by atoms with Crippen LogP contribution in [0.5, 0.6) is 5.75 Å². The van der Waals surface area contributed by atoms with Gasteiger partial charge in [-0.25, -0.2) is 9.18 Å². The van der Waals surface area contributed by atoms with Crippen molar-refractivity contribution in [3.05, 3.63) is 53.7 Å². The molecule has 0 bridgehead atoms. The lowest BCUT2D eigenvalue weighted by Gasteiger charge is -2.19. The Balaban J connectivity index is 1.91. The summed E-state index contributed by atoms with van der Waals surface area (Å²) in [5.74, 6) is -0.200. The first-order chi connectivity index (χ1) is 11.0.